The number of hydrogen-bond acceptors (Lipinski definition) is 3. The average molecular weight is 364 g/mol. The fraction of sp³-hybridized carbons (Fsp3) is 0.455. The second-order valence-corrected chi connectivity index (χ2v) is 8.10. The summed E-state index contributed by atoms with van der Waals surface area (Å²) in [4.78, 5) is 13.3. The largest absolute Gasteiger partial charge is 0.351 e. The number of carbonyl (C=O) groups excluding carboxylic acids is 1. The van der Waals surface area contributed by atoms with E-state index in [1.165, 1.54) is 12.0 Å². The highest BCUT2D eigenvalue weighted by atomic mass is 16.2. The van der Waals surface area contributed by atoms with E-state index in [1.54, 1.807) is 6.20 Å². The molecule has 5 heteroatoms. The molecule has 1 amide bonds. The van der Waals surface area contributed by atoms with Crippen molar-refractivity contribution in [1.29, 1.82) is 0 Å². The van der Waals surface area contributed by atoms with Crippen LogP contribution in [0.25, 0.3) is 5.69 Å². The summed E-state index contributed by atoms with van der Waals surface area (Å²) in [5.41, 5.74) is 3.03. The van der Waals surface area contributed by atoms with Crippen molar-refractivity contribution in [2.45, 2.75) is 58.2 Å². The Morgan fingerprint density at radius 2 is 2.19 bits per heavy atom. The van der Waals surface area contributed by atoms with Gasteiger partial charge in [0.15, 0.2) is 0 Å². The fourth-order valence-electron chi connectivity index (χ4n) is 4.60. The molecule has 0 aliphatic carbocycles. The second kappa shape index (κ2) is 7.31. The monoisotopic (exact) mass is 364 g/mol. The van der Waals surface area contributed by atoms with E-state index in [1.807, 2.05) is 35.1 Å². The molecule has 0 spiro atoms. The van der Waals surface area contributed by atoms with Gasteiger partial charge in [-0.25, -0.2) is 4.68 Å². The molecule has 2 saturated heterocycles. The Kier molecular flexibility index (Phi) is 4.87. The normalized spacial score (nSPS) is 26.1. The molecule has 2 aliphatic heterocycles. The van der Waals surface area contributed by atoms with Gasteiger partial charge in [-0.05, 0) is 57.2 Å². The number of allylic oxidation sites excluding steroid dienone is 2. The van der Waals surface area contributed by atoms with Crippen molar-refractivity contribution in [1.82, 2.24) is 20.4 Å². The number of hydrogen-bond donors (Lipinski definition) is 2. The fourth-order valence-corrected chi connectivity index (χ4v) is 4.60. The molecular weight excluding hydrogens is 336 g/mol. The molecule has 0 unspecified atom stereocenters. The molecule has 142 valence electrons. The first-order valence-electron chi connectivity index (χ1n) is 9.84. The Balaban J connectivity index is 1.52. The van der Waals surface area contributed by atoms with Crippen LogP contribution in [0, 0.1) is 5.41 Å². The van der Waals surface area contributed by atoms with Crippen molar-refractivity contribution in [3.05, 3.63) is 59.9 Å². The summed E-state index contributed by atoms with van der Waals surface area (Å²) < 4.78 is 1.85. The zero-order valence-electron chi connectivity index (χ0n) is 16.1. The third-order valence-electron chi connectivity index (χ3n) is 6.03. The minimum Gasteiger partial charge on any atom is -0.351 e. The van der Waals surface area contributed by atoms with E-state index in [0.29, 0.717) is 18.6 Å². The molecule has 5 nitrogen and oxygen atoms in total. The van der Waals surface area contributed by atoms with Crippen LogP contribution in [0.1, 0.15) is 45.1 Å². The summed E-state index contributed by atoms with van der Waals surface area (Å²) in [6, 6.07) is 10.8. The minimum atomic E-state index is -0.319. The van der Waals surface area contributed by atoms with Crippen molar-refractivity contribution < 1.29 is 4.79 Å². The lowest BCUT2D eigenvalue weighted by molar-refractivity contribution is -0.132. The van der Waals surface area contributed by atoms with Gasteiger partial charge < -0.3 is 10.6 Å². The Bertz CT molecular complexity index is 838. The van der Waals surface area contributed by atoms with E-state index in [0.717, 1.165) is 30.5 Å². The van der Waals surface area contributed by atoms with Crippen LogP contribution in [0.3, 0.4) is 0 Å². The lowest BCUT2D eigenvalue weighted by Crippen LogP contribution is -2.48. The number of carbonyl (C=O) groups is 1. The first-order valence-corrected chi connectivity index (χ1v) is 9.84. The van der Waals surface area contributed by atoms with Crippen molar-refractivity contribution in [3.63, 3.8) is 0 Å². The van der Waals surface area contributed by atoms with Gasteiger partial charge in [0.2, 0.25) is 5.91 Å². The maximum atomic E-state index is 13.3. The zero-order chi connectivity index (χ0) is 18.9. The maximum absolute atomic E-state index is 13.3. The molecule has 2 aliphatic rings. The standard InChI is InChI=1S/C22H28N4O/c1-16(2)10-11-22(14-18-8-9-20(22)25-18)21(27)23-15-17-6-3-4-7-19(17)26-13-5-12-24-26/h3-7,10,12-13,18,20,25H,8-9,11,14-15H2,1-2H3,(H,23,27)/t18-,20+,22+/m0/s1. The van der Waals surface area contributed by atoms with Crippen molar-refractivity contribution in [2.24, 2.45) is 5.41 Å². The molecule has 2 bridgehead atoms. The summed E-state index contributed by atoms with van der Waals surface area (Å²) in [5.74, 6) is 0.176. The van der Waals surface area contributed by atoms with Gasteiger partial charge in [-0.1, -0.05) is 29.8 Å². The number of aromatic nitrogens is 2. The van der Waals surface area contributed by atoms with Crippen LogP contribution in [0.4, 0.5) is 0 Å². The molecular formula is C22H28N4O. The lowest BCUT2D eigenvalue weighted by Gasteiger charge is -2.34. The molecule has 1 aromatic carbocycles. The number of para-hydroxylation sites is 1. The molecule has 1 aromatic heterocycles. The number of rotatable bonds is 6. The Morgan fingerprint density at radius 1 is 1.33 bits per heavy atom. The number of nitrogens with zero attached hydrogens (tertiary/aromatic N) is 2. The van der Waals surface area contributed by atoms with Gasteiger partial charge in [0.1, 0.15) is 0 Å². The third kappa shape index (κ3) is 3.44. The van der Waals surface area contributed by atoms with Crippen LogP contribution in [-0.4, -0.2) is 27.8 Å². The molecule has 4 rings (SSSR count). The van der Waals surface area contributed by atoms with Crippen LogP contribution in [0.15, 0.2) is 54.4 Å². The van der Waals surface area contributed by atoms with Crippen molar-refractivity contribution in [3.8, 4) is 5.69 Å². The van der Waals surface area contributed by atoms with Crippen LogP contribution in [0.2, 0.25) is 0 Å². The Labute approximate surface area is 160 Å². The van der Waals surface area contributed by atoms with E-state index in [-0.39, 0.29) is 11.3 Å². The van der Waals surface area contributed by atoms with Gasteiger partial charge in [0.25, 0.3) is 0 Å². The highest BCUT2D eigenvalue weighted by Crippen LogP contribution is 2.46. The van der Waals surface area contributed by atoms with Gasteiger partial charge in [-0.2, -0.15) is 5.10 Å². The van der Waals surface area contributed by atoms with Crippen LogP contribution >= 0.6 is 0 Å². The first kappa shape index (κ1) is 18.0. The van der Waals surface area contributed by atoms with E-state index >= 15 is 0 Å². The van der Waals surface area contributed by atoms with E-state index in [9.17, 15) is 4.79 Å². The summed E-state index contributed by atoms with van der Waals surface area (Å²) in [5, 5.41) is 11.2. The van der Waals surface area contributed by atoms with Gasteiger partial charge in [0.05, 0.1) is 11.1 Å². The van der Waals surface area contributed by atoms with Crippen LogP contribution in [0.5, 0.6) is 0 Å². The predicted octanol–water partition coefficient (Wildman–Crippen LogP) is 3.36. The van der Waals surface area contributed by atoms with E-state index in [4.69, 9.17) is 0 Å². The zero-order valence-corrected chi connectivity index (χ0v) is 16.1. The molecule has 0 radical (unpaired) electrons. The number of nitrogens with one attached hydrogen (secondary N) is 2. The Hall–Kier alpha value is -2.40. The van der Waals surface area contributed by atoms with Crippen LogP contribution in [-0.2, 0) is 11.3 Å². The highest BCUT2D eigenvalue weighted by Gasteiger charge is 2.54. The molecule has 2 aromatic rings. The summed E-state index contributed by atoms with van der Waals surface area (Å²) in [6.07, 6.45) is 9.96. The quantitative estimate of drug-likeness (QED) is 0.773. The predicted molar refractivity (Wildman–Crippen MR) is 106 cm³/mol. The van der Waals surface area contributed by atoms with Crippen molar-refractivity contribution >= 4 is 5.91 Å². The van der Waals surface area contributed by atoms with Gasteiger partial charge >= 0.3 is 0 Å². The first-order chi connectivity index (χ1) is 13.1. The average Bonchev–Trinajstić information content (AvgIpc) is 3.42. The van der Waals surface area contributed by atoms with Gasteiger partial charge in [0, 0.05) is 31.0 Å². The van der Waals surface area contributed by atoms with E-state index in [2.05, 4.69) is 41.7 Å². The smallest absolute Gasteiger partial charge is 0.228 e. The number of amides is 1. The second-order valence-electron chi connectivity index (χ2n) is 8.10. The molecule has 3 heterocycles. The van der Waals surface area contributed by atoms with Gasteiger partial charge in [-0.15, -0.1) is 0 Å². The molecule has 2 N–H and O–H groups in total. The maximum Gasteiger partial charge on any atom is 0.228 e. The Morgan fingerprint density at radius 3 is 2.85 bits per heavy atom. The number of fused-ring (bicyclic) bond motifs is 2. The molecule has 0 saturated carbocycles. The SMILES string of the molecule is CC(C)=CC[C@@]1(C(=O)NCc2ccccc2-n2cccn2)C[C@@H]2CC[C@H]1N2. The molecule has 3 atom stereocenters. The number of benzene rings is 1. The third-order valence-corrected chi connectivity index (χ3v) is 6.03. The molecule has 2 fully saturated rings. The summed E-state index contributed by atoms with van der Waals surface area (Å²) in [6.45, 7) is 4.72. The summed E-state index contributed by atoms with van der Waals surface area (Å²) in [7, 11) is 0. The van der Waals surface area contributed by atoms with Crippen molar-refractivity contribution in [2.75, 3.05) is 0 Å². The van der Waals surface area contributed by atoms with Crippen LogP contribution < -0.4 is 10.6 Å². The minimum absolute atomic E-state index is 0.176. The highest BCUT2D eigenvalue weighted by molar-refractivity contribution is 5.84. The topological polar surface area (TPSA) is 59.0 Å². The summed E-state index contributed by atoms with van der Waals surface area (Å²) >= 11 is 0. The lowest BCUT2D eigenvalue weighted by atomic mass is 9.70. The van der Waals surface area contributed by atoms with Gasteiger partial charge in [-0.3, -0.25) is 4.79 Å². The molecule has 27 heavy (non-hydrogen) atoms. The van der Waals surface area contributed by atoms with E-state index < -0.39 is 0 Å².